The molecule has 0 aromatic heterocycles. The highest BCUT2D eigenvalue weighted by molar-refractivity contribution is 9.11. The molecule has 0 spiro atoms. The number of hydrogen-bond donors (Lipinski definition) is 1. The molecule has 3 aromatic rings. The van der Waals surface area contributed by atoms with Crippen molar-refractivity contribution in [3.63, 3.8) is 0 Å². The lowest BCUT2D eigenvalue weighted by Gasteiger charge is -2.14. The van der Waals surface area contributed by atoms with Crippen molar-refractivity contribution in [3.8, 4) is 11.8 Å². The molecule has 0 heterocycles. The molecular formula is C23H13Br2Cl3N2O2. The minimum absolute atomic E-state index is 0.107. The lowest BCUT2D eigenvalue weighted by Crippen LogP contribution is -2.13. The van der Waals surface area contributed by atoms with Crippen LogP contribution >= 0.6 is 66.7 Å². The van der Waals surface area contributed by atoms with Crippen molar-refractivity contribution in [1.29, 1.82) is 5.26 Å². The Morgan fingerprint density at radius 3 is 2.50 bits per heavy atom. The summed E-state index contributed by atoms with van der Waals surface area (Å²) in [6.07, 6.45) is 1.45. The zero-order chi connectivity index (χ0) is 23.3. The lowest BCUT2D eigenvalue weighted by atomic mass is 10.1. The van der Waals surface area contributed by atoms with Crippen molar-refractivity contribution in [1.82, 2.24) is 0 Å². The van der Waals surface area contributed by atoms with Gasteiger partial charge in [-0.15, -0.1) is 0 Å². The van der Waals surface area contributed by atoms with Crippen LogP contribution < -0.4 is 10.1 Å². The highest BCUT2D eigenvalue weighted by Gasteiger charge is 2.15. The summed E-state index contributed by atoms with van der Waals surface area (Å²) in [6.45, 7) is 0.160. The summed E-state index contributed by atoms with van der Waals surface area (Å²) in [5, 5.41) is 13.7. The van der Waals surface area contributed by atoms with Gasteiger partial charge in [0.15, 0.2) is 0 Å². The fourth-order valence-electron chi connectivity index (χ4n) is 2.70. The number of amides is 1. The highest BCUT2D eigenvalue weighted by atomic mass is 79.9. The van der Waals surface area contributed by atoms with Gasteiger partial charge >= 0.3 is 0 Å². The first kappa shape index (κ1) is 24.6. The van der Waals surface area contributed by atoms with E-state index >= 15 is 0 Å². The van der Waals surface area contributed by atoms with E-state index in [0.29, 0.717) is 36.5 Å². The molecule has 0 aliphatic rings. The molecule has 3 aromatic carbocycles. The first-order valence-electron chi connectivity index (χ1n) is 9.01. The molecule has 0 fully saturated rings. The average Bonchev–Trinajstić information content (AvgIpc) is 2.72. The van der Waals surface area contributed by atoms with Crippen LogP contribution in [0.1, 0.15) is 11.1 Å². The maximum atomic E-state index is 12.7. The number of anilines is 1. The molecule has 0 atom stereocenters. The number of hydrogen-bond acceptors (Lipinski definition) is 3. The number of benzene rings is 3. The van der Waals surface area contributed by atoms with Crippen molar-refractivity contribution in [2.45, 2.75) is 6.61 Å². The highest BCUT2D eigenvalue weighted by Crippen LogP contribution is 2.35. The zero-order valence-electron chi connectivity index (χ0n) is 16.1. The molecule has 0 bridgehead atoms. The average molecular weight is 616 g/mol. The van der Waals surface area contributed by atoms with Gasteiger partial charge in [-0.25, -0.2) is 0 Å². The number of nitrogens with one attached hydrogen (secondary N) is 1. The van der Waals surface area contributed by atoms with E-state index in [2.05, 4.69) is 37.2 Å². The van der Waals surface area contributed by atoms with Crippen molar-refractivity contribution in [2.24, 2.45) is 0 Å². The van der Waals surface area contributed by atoms with Gasteiger partial charge in [0.1, 0.15) is 24.0 Å². The molecule has 3 rings (SSSR count). The summed E-state index contributed by atoms with van der Waals surface area (Å²) < 4.78 is 7.36. The number of carbonyl (C=O) groups is 1. The standard InChI is InChI=1S/C23H13Br2Cl3N2O2/c24-16-7-14(6-15(11-29)23(31)30-19-3-1-2-17(26)9-19)22(20(25)8-16)32-12-13-4-5-18(27)10-21(13)28/h1-10H,12H2,(H,30,31)/b15-6+. The smallest absolute Gasteiger partial charge is 0.266 e. The molecule has 0 radical (unpaired) electrons. The van der Waals surface area contributed by atoms with Gasteiger partial charge in [0.2, 0.25) is 0 Å². The Kier molecular flexibility index (Phi) is 8.64. The Hall–Kier alpha value is -2.01. The van der Waals surface area contributed by atoms with Gasteiger partial charge in [-0.3, -0.25) is 4.79 Å². The van der Waals surface area contributed by atoms with Gasteiger partial charge in [-0.2, -0.15) is 5.26 Å². The minimum atomic E-state index is -0.572. The zero-order valence-corrected chi connectivity index (χ0v) is 21.6. The summed E-state index contributed by atoms with van der Waals surface area (Å²) in [4.78, 5) is 12.7. The summed E-state index contributed by atoms with van der Waals surface area (Å²) in [5.74, 6) is -0.125. The lowest BCUT2D eigenvalue weighted by molar-refractivity contribution is -0.112. The quantitative estimate of drug-likeness (QED) is 0.224. The van der Waals surface area contributed by atoms with Crippen LogP contribution in [0, 0.1) is 11.3 Å². The normalized spacial score (nSPS) is 11.1. The van der Waals surface area contributed by atoms with Crippen molar-refractivity contribution >= 4 is 84.3 Å². The summed E-state index contributed by atoms with van der Waals surface area (Å²) in [6, 6.07) is 17.3. The molecule has 0 saturated heterocycles. The molecule has 0 aliphatic carbocycles. The second kappa shape index (κ2) is 11.2. The number of halogens is 5. The van der Waals surface area contributed by atoms with Crippen LogP contribution in [0.25, 0.3) is 6.08 Å². The molecule has 162 valence electrons. The molecule has 0 aliphatic heterocycles. The largest absolute Gasteiger partial charge is 0.487 e. The molecule has 0 saturated carbocycles. The Bertz CT molecular complexity index is 1260. The van der Waals surface area contributed by atoms with Gasteiger partial charge < -0.3 is 10.1 Å². The van der Waals surface area contributed by atoms with Gasteiger partial charge in [0.25, 0.3) is 5.91 Å². The molecule has 9 heteroatoms. The second-order valence-corrected chi connectivity index (χ2v) is 9.51. The molecule has 0 unspecified atom stereocenters. The van der Waals surface area contributed by atoms with E-state index in [1.807, 2.05) is 6.07 Å². The number of nitriles is 1. The third kappa shape index (κ3) is 6.50. The fourth-order valence-corrected chi connectivity index (χ4v) is 4.72. The first-order valence-corrected chi connectivity index (χ1v) is 11.7. The predicted molar refractivity (Wildman–Crippen MR) is 136 cm³/mol. The van der Waals surface area contributed by atoms with E-state index in [1.165, 1.54) is 6.08 Å². The number of carbonyl (C=O) groups excluding carboxylic acids is 1. The SMILES string of the molecule is N#C/C(=C\c1cc(Br)cc(Br)c1OCc1ccc(Cl)cc1Cl)C(=O)Nc1cccc(Cl)c1. The van der Waals surface area contributed by atoms with Gasteiger partial charge in [-0.1, -0.05) is 62.9 Å². The maximum absolute atomic E-state index is 12.7. The van der Waals surface area contributed by atoms with E-state index in [9.17, 15) is 10.1 Å². The second-order valence-electron chi connectivity index (χ2n) is 6.46. The van der Waals surface area contributed by atoms with E-state index in [0.717, 1.165) is 10.0 Å². The number of nitrogens with zero attached hydrogens (tertiary/aromatic N) is 1. The van der Waals surface area contributed by atoms with Crippen molar-refractivity contribution < 1.29 is 9.53 Å². The van der Waals surface area contributed by atoms with Crippen LogP contribution in [-0.2, 0) is 11.4 Å². The Morgan fingerprint density at radius 1 is 1.06 bits per heavy atom. The third-order valence-electron chi connectivity index (χ3n) is 4.17. The van der Waals surface area contributed by atoms with Crippen LogP contribution in [0.2, 0.25) is 15.1 Å². The number of rotatable bonds is 6. The topological polar surface area (TPSA) is 62.1 Å². The Morgan fingerprint density at radius 2 is 1.81 bits per heavy atom. The van der Waals surface area contributed by atoms with Gasteiger partial charge in [-0.05, 0) is 64.5 Å². The van der Waals surface area contributed by atoms with E-state index < -0.39 is 5.91 Å². The monoisotopic (exact) mass is 612 g/mol. The van der Waals surface area contributed by atoms with E-state index in [4.69, 9.17) is 39.5 Å². The van der Waals surface area contributed by atoms with Crippen molar-refractivity contribution in [3.05, 3.63) is 95.3 Å². The predicted octanol–water partition coefficient (Wildman–Crippen LogP) is 8.30. The summed E-state index contributed by atoms with van der Waals surface area (Å²) in [5.41, 5.74) is 1.63. The van der Waals surface area contributed by atoms with Gasteiger partial charge in [0.05, 0.1) is 4.47 Å². The van der Waals surface area contributed by atoms with Crippen LogP contribution in [0.5, 0.6) is 5.75 Å². The van der Waals surface area contributed by atoms with Crippen LogP contribution in [-0.4, -0.2) is 5.91 Å². The molecule has 1 amide bonds. The molecule has 1 N–H and O–H groups in total. The van der Waals surface area contributed by atoms with Crippen LogP contribution in [0.4, 0.5) is 5.69 Å². The molecular weight excluding hydrogens is 602 g/mol. The molecule has 32 heavy (non-hydrogen) atoms. The fraction of sp³-hybridized carbons (Fsp3) is 0.0435. The summed E-state index contributed by atoms with van der Waals surface area (Å²) in [7, 11) is 0. The van der Waals surface area contributed by atoms with Crippen LogP contribution in [0.3, 0.4) is 0 Å². The Balaban J connectivity index is 1.90. The van der Waals surface area contributed by atoms with Crippen LogP contribution in [0.15, 0.2) is 69.1 Å². The van der Waals surface area contributed by atoms with Gasteiger partial charge in [0, 0.05) is 36.4 Å². The third-order valence-corrected chi connectivity index (χ3v) is 6.04. The first-order chi connectivity index (χ1) is 15.3. The summed E-state index contributed by atoms with van der Waals surface area (Å²) >= 11 is 25.0. The Labute approximate surface area is 217 Å². The van der Waals surface area contributed by atoms with E-state index in [1.54, 1.807) is 54.6 Å². The van der Waals surface area contributed by atoms with E-state index in [-0.39, 0.29) is 12.2 Å². The number of ether oxygens (including phenoxy) is 1. The van der Waals surface area contributed by atoms with Crippen molar-refractivity contribution in [2.75, 3.05) is 5.32 Å². The maximum Gasteiger partial charge on any atom is 0.266 e. The molecule has 4 nitrogen and oxygen atoms in total. The minimum Gasteiger partial charge on any atom is -0.487 e.